The normalized spacial score (nSPS) is 15.6. The van der Waals surface area contributed by atoms with Gasteiger partial charge in [0.2, 0.25) is 11.8 Å². The van der Waals surface area contributed by atoms with E-state index in [1.807, 2.05) is 6.07 Å². The van der Waals surface area contributed by atoms with Crippen molar-refractivity contribution in [2.24, 2.45) is 4.99 Å². The van der Waals surface area contributed by atoms with Crippen molar-refractivity contribution in [1.29, 1.82) is 0 Å². The molecule has 0 unspecified atom stereocenters. The van der Waals surface area contributed by atoms with E-state index in [0.29, 0.717) is 18.9 Å². The lowest BCUT2D eigenvalue weighted by Crippen LogP contribution is -2.53. The number of nitrogens with one attached hydrogen (secondary N) is 1. The Bertz CT molecular complexity index is 707. The number of guanidine groups is 1. The molecule has 140 valence electrons. The average molecular weight is 358 g/mol. The van der Waals surface area contributed by atoms with Crippen LogP contribution in [0.1, 0.15) is 31.5 Å². The van der Waals surface area contributed by atoms with Crippen molar-refractivity contribution in [1.82, 2.24) is 30.3 Å². The highest BCUT2D eigenvalue weighted by molar-refractivity contribution is 5.80. The summed E-state index contributed by atoms with van der Waals surface area (Å²) in [7, 11) is 1.80. The van der Waals surface area contributed by atoms with Gasteiger partial charge >= 0.3 is 0 Å². The molecule has 0 saturated carbocycles. The van der Waals surface area contributed by atoms with Gasteiger partial charge in [-0.05, 0) is 6.07 Å². The highest BCUT2D eigenvalue weighted by atomic mass is 16.5. The molecule has 0 atom stereocenters. The minimum Gasteiger partial charge on any atom is -0.356 e. The van der Waals surface area contributed by atoms with Gasteiger partial charge in [0.15, 0.2) is 11.8 Å². The first-order chi connectivity index (χ1) is 12.7. The smallest absolute Gasteiger partial charge is 0.228 e. The summed E-state index contributed by atoms with van der Waals surface area (Å²) in [6.45, 7) is 8.28. The van der Waals surface area contributed by atoms with Gasteiger partial charge in [0, 0.05) is 64.5 Å². The SMILES string of the molecule is CN=C(NCCc1nc(C(C)C)no1)N1CCN(c2ncccn2)CC1. The Morgan fingerprint density at radius 1 is 1.23 bits per heavy atom. The molecule has 2 aromatic heterocycles. The number of aliphatic imine (C=N–C) groups is 1. The molecule has 3 rings (SSSR count). The zero-order chi connectivity index (χ0) is 18.4. The number of aromatic nitrogens is 4. The Kier molecular flexibility index (Phi) is 5.98. The molecule has 9 heteroatoms. The van der Waals surface area contributed by atoms with Crippen LogP contribution < -0.4 is 10.2 Å². The largest absolute Gasteiger partial charge is 0.356 e. The van der Waals surface area contributed by atoms with Crippen molar-refractivity contribution >= 4 is 11.9 Å². The van der Waals surface area contributed by atoms with Gasteiger partial charge < -0.3 is 19.6 Å². The maximum absolute atomic E-state index is 5.27. The summed E-state index contributed by atoms with van der Waals surface area (Å²) in [6.07, 6.45) is 4.23. The van der Waals surface area contributed by atoms with E-state index in [-0.39, 0.29) is 5.92 Å². The van der Waals surface area contributed by atoms with Crippen LogP contribution in [0.3, 0.4) is 0 Å². The molecule has 0 spiro atoms. The highest BCUT2D eigenvalue weighted by Gasteiger charge is 2.21. The van der Waals surface area contributed by atoms with Gasteiger partial charge in [-0.1, -0.05) is 19.0 Å². The van der Waals surface area contributed by atoms with E-state index in [4.69, 9.17) is 4.52 Å². The third-order valence-corrected chi connectivity index (χ3v) is 4.25. The quantitative estimate of drug-likeness (QED) is 0.623. The van der Waals surface area contributed by atoms with Crippen LogP contribution in [0.2, 0.25) is 0 Å². The molecule has 0 bridgehead atoms. The molecule has 26 heavy (non-hydrogen) atoms. The van der Waals surface area contributed by atoms with Crippen molar-refractivity contribution in [2.75, 3.05) is 44.7 Å². The Morgan fingerprint density at radius 2 is 1.96 bits per heavy atom. The predicted molar refractivity (Wildman–Crippen MR) is 99.3 cm³/mol. The lowest BCUT2D eigenvalue weighted by molar-refractivity contribution is 0.361. The summed E-state index contributed by atoms with van der Waals surface area (Å²) in [5.41, 5.74) is 0. The molecule has 0 aromatic carbocycles. The Hall–Kier alpha value is -2.71. The fourth-order valence-corrected chi connectivity index (χ4v) is 2.79. The summed E-state index contributed by atoms with van der Waals surface area (Å²) < 4.78 is 5.27. The van der Waals surface area contributed by atoms with Gasteiger partial charge in [-0.3, -0.25) is 4.99 Å². The van der Waals surface area contributed by atoms with Gasteiger partial charge in [0.25, 0.3) is 0 Å². The Labute approximate surface area is 153 Å². The summed E-state index contributed by atoms with van der Waals surface area (Å²) in [6, 6.07) is 1.83. The zero-order valence-electron chi connectivity index (χ0n) is 15.6. The first-order valence-corrected chi connectivity index (χ1v) is 8.97. The number of hydrogen-bond donors (Lipinski definition) is 1. The van der Waals surface area contributed by atoms with Crippen molar-refractivity contribution in [3.8, 4) is 0 Å². The molecule has 9 nitrogen and oxygen atoms in total. The predicted octanol–water partition coefficient (Wildman–Crippen LogP) is 0.923. The second-order valence-electron chi connectivity index (χ2n) is 6.45. The van der Waals surface area contributed by atoms with Crippen LogP contribution in [-0.4, -0.2) is 70.7 Å². The first-order valence-electron chi connectivity index (χ1n) is 8.97. The van der Waals surface area contributed by atoms with Crippen LogP contribution in [0.5, 0.6) is 0 Å². The average Bonchev–Trinajstić information content (AvgIpc) is 3.15. The van der Waals surface area contributed by atoms with Gasteiger partial charge in [0.1, 0.15) is 0 Å². The van der Waals surface area contributed by atoms with Crippen molar-refractivity contribution in [2.45, 2.75) is 26.2 Å². The number of piperazine rings is 1. The van der Waals surface area contributed by atoms with E-state index >= 15 is 0 Å². The summed E-state index contributed by atoms with van der Waals surface area (Å²) in [5.74, 6) is 3.36. The van der Waals surface area contributed by atoms with Gasteiger partial charge in [0.05, 0.1) is 0 Å². The Morgan fingerprint density at radius 3 is 2.58 bits per heavy atom. The van der Waals surface area contributed by atoms with E-state index in [1.165, 1.54) is 0 Å². The Balaban J connectivity index is 1.46. The molecule has 0 aliphatic carbocycles. The minimum atomic E-state index is 0.276. The lowest BCUT2D eigenvalue weighted by atomic mass is 10.2. The highest BCUT2D eigenvalue weighted by Crippen LogP contribution is 2.11. The van der Waals surface area contributed by atoms with Crippen LogP contribution in [0, 0.1) is 0 Å². The number of anilines is 1. The van der Waals surface area contributed by atoms with E-state index in [2.05, 4.69) is 54.1 Å². The second kappa shape index (κ2) is 8.59. The van der Waals surface area contributed by atoms with Gasteiger partial charge in [-0.2, -0.15) is 4.98 Å². The topological polar surface area (TPSA) is 95.6 Å². The zero-order valence-corrected chi connectivity index (χ0v) is 15.6. The third kappa shape index (κ3) is 4.47. The van der Waals surface area contributed by atoms with Crippen LogP contribution in [0.25, 0.3) is 0 Å². The monoisotopic (exact) mass is 358 g/mol. The fourth-order valence-electron chi connectivity index (χ4n) is 2.79. The van der Waals surface area contributed by atoms with Crippen molar-refractivity contribution in [3.05, 3.63) is 30.2 Å². The summed E-state index contributed by atoms with van der Waals surface area (Å²) in [5, 5.41) is 7.37. The van der Waals surface area contributed by atoms with Gasteiger partial charge in [-0.15, -0.1) is 0 Å². The molecular formula is C17H26N8O. The summed E-state index contributed by atoms with van der Waals surface area (Å²) in [4.78, 5) is 21.9. The molecule has 1 aliphatic rings. The second-order valence-corrected chi connectivity index (χ2v) is 6.45. The van der Waals surface area contributed by atoms with Crippen molar-refractivity contribution in [3.63, 3.8) is 0 Å². The van der Waals surface area contributed by atoms with Crippen LogP contribution in [0.15, 0.2) is 28.0 Å². The standard InChI is InChI=1S/C17H26N8O/c1-13(2)15-22-14(26-23-15)5-8-21-16(18-3)24-9-11-25(12-10-24)17-19-6-4-7-20-17/h4,6-7,13H,5,8-12H2,1-3H3,(H,18,21). The maximum Gasteiger partial charge on any atom is 0.228 e. The van der Waals surface area contributed by atoms with Gasteiger partial charge in [-0.25, -0.2) is 9.97 Å². The van der Waals surface area contributed by atoms with E-state index in [1.54, 1.807) is 19.4 Å². The van der Waals surface area contributed by atoms with E-state index in [9.17, 15) is 0 Å². The molecule has 0 amide bonds. The fraction of sp³-hybridized carbons (Fsp3) is 0.588. The summed E-state index contributed by atoms with van der Waals surface area (Å²) >= 11 is 0. The number of nitrogens with zero attached hydrogens (tertiary/aromatic N) is 7. The molecular weight excluding hydrogens is 332 g/mol. The van der Waals surface area contributed by atoms with Crippen LogP contribution >= 0.6 is 0 Å². The molecule has 1 aliphatic heterocycles. The molecule has 1 fully saturated rings. The van der Waals surface area contributed by atoms with Crippen molar-refractivity contribution < 1.29 is 4.52 Å². The molecule has 1 saturated heterocycles. The minimum absolute atomic E-state index is 0.276. The third-order valence-electron chi connectivity index (χ3n) is 4.25. The van der Waals surface area contributed by atoms with E-state index in [0.717, 1.165) is 43.9 Å². The van der Waals surface area contributed by atoms with Crippen LogP contribution in [-0.2, 0) is 6.42 Å². The molecule has 2 aromatic rings. The first kappa shape index (κ1) is 18.1. The number of hydrogen-bond acceptors (Lipinski definition) is 7. The molecule has 0 radical (unpaired) electrons. The van der Waals surface area contributed by atoms with E-state index < -0.39 is 0 Å². The molecule has 3 heterocycles. The van der Waals surface area contributed by atoms with Crippen LogP contribution in [0.4, 0.5) is 5.95 Å². The number of rotatable bonds is 5. The molecule has 1 N–H and O–H groups in total. The lowest BCUT2D eigenvalue weighted by Gasteiger charge is -2.36. The maximum atomic E-state index is 5.27.